The summed E-state index contributed by atoms with van der Waals surface area (Å²) < 4.78 is 12.0. The minimum absolute atomic E-state index is 0.140. The van der Waals surface area contributed by atoms with E-state index in [4.69, 9.17) is 9.47 Å². The first-order valence-electron chi connectivity index (χ1n) is 10.6. The number of carbonyl (C=O) groups excluding carboxylic acids is 1. The van der Waals surface area contributed by atoms with Gasteiger partial charge in [-0.15, -0.1) is 0 Å². The van der Waals surface area contributed by atoms with Crippen molar-refractivity contribution in [3.8, 4) is 22.8 Å². The quantitative estimate of drug-likeness (QED) is 0.468. The highest BCUT2D eigenvalue weighted by Crippen LogP contribution is 2.30. The Balaban J connectivity index is 1.61. The van der Waals surface area contributed by atoms with Crippen LogP contribution in [0.2, 0.25) is 0 Å². The first kappa shape index (κ1) is 22.1. The van der Waals surface area contributed by atoms with E-state index in [0.717, 1.165) is 16.5 Å². The minimum atomic E-state index is -0.471. The average molecular weight is 444 g/mol. The molecule has 33 heavy (non-hydrogen) atoms. The zero-order valence-electron chi connectivity index (χ0n) is 18.7. The molecule has 0 saturated carbocycles. The SMILES string of the molecule is COc1ccc([C@@H](C)NC(=O)Cn2c(=O)nc(-c3ccccc3)c3ccccc32)cc1OC. The maximum atomic E-state index is 12.9. The highest BCUT2D eigenvalue weighted by atomic mass is 16.5. The maximum Gasteiger partial charge on any atom is 0.349 e. The predicted octanol–water partition coefficient (Wildman–Crippen LogP) is 3.96. The van der Waals surface area contributed by atoms with E-state index in [9.17, 15) is 9.59 Å². The highest BCUT2D eigenvalue weighted by Gasteiger charge is 2.17. The maximum absolute atomic E-state index is 12.9. The van der Waals surface area contributed by atoms with E-state index in [1.54, 1.807) is 20.3 Å². The molecule has 0 fully saturated rings. The van der Waals surface area contributed by atoms with Gasteiger partial charge in [-0.25, -0.2) is 4.79 Å². The van der Waals surface area contributed by atoms with Crippen LogP contribution in [0.15, 0.2) is 77.6 Å². The highest BCUT2D eigenvalue weighted by molar-refractivity contribution is 5.93. The fraction of sp³-hybridized carbons (Fsp3) is 0.192. The van der Waals surface area contributed by atoms with Gasteiger partial charge in [0.05, 0.1) is 31.5 Å². The Hall–Kier alpha value is -4.13. The van der Waals surface area contributed by atoms with E-state index in [2.05, 4.69) is 10.3 Å². The van der Waals surface area contributed by atoms with Crippen LogP contribution in [0.4, 0.5) is 0 Å². The molecule has 0 radical (unpaired) electrons. The molecule has 0 aliphatic carbocycles. The number of aromatic nitrogens is 2. The number of nitrogens with zero attached hydrogens (tertiary/aromatic N) is 2. The van der Waals surface area contributed by atoms with Crippen molar-refractivity contribution >= 4 is 16.8 Å². The van der Waals surface area contributed by atoms with Crippen molar-refractivity contribution in [2.45, 2.75) is 19.5 Å². The largest absolute Gasteiger partial charge is 0.493 e. The van der Waals surface area contributed by atoms with E-state index in [1.165, 1.54) is 4.57 Å². The van der Waals surface area contributed by atoms with Crippen LogP contribution in [0.5, 0.6) is 11.5 Å². The first-order valence-corrected chi connectivity index (χ1v) is 10.6. The van der Waals surface area contributed by atoms with Gasteiger partial charge in [0.1, 0.15) is 6.54 Å². The third kappa shape index (κ3) is 4.57. The average Bonchev–Trinajstić information content (AvgIpc) is 2.85. The van der Waals surface area contributed by atoms with E-state index >= 15 is 0 Å². The number of fused-ring (bicyclic) bond motifs is 1. The Morgan fingerprint density at radius 1 is 0.970 bits per heavy atom. The van der Waals surface area contributed by atoms with Crippen molar-refractivity contribution in [3.63, 3.8) is 0 Å². The summed E-state index contributed by atoms with van der Waals surface area (Å²) in [5.74, 6) is 0.903. The molecule has 0 bridgehead atoms. The number of carbonyl (C=O) groups is 1. The molecular formula is C26H25N3O4. The normalized spacial score (nSPS) is 11.7. The fourth-order valence-electron chi connectivity index (χ4n) is 3.83. The second kappa shape index (κ2) is 9.56. The first-order chi connectivity index (χ1) is 16.0. The van der Waals surface area contributed by atoms with Crippen LogP contribution in [0, 0.1) is 0 Å². The minimum Gasteiger partial charge on any atom is -0.493 e. The van der Waals surface area contributed by atoms with Gasteiger partial charge in [0.25, 0.3) is 0 Å². The lowest BCUT2D eigenvalue weighted by molar-refractivity contribution is -0.122. The van der Waals surface area contributed by atoms with Crippen molar-refractivity contribution in [1.82, 2.24) is 14.9 Å². The monoisotopic (exact) mass is 443 g/mol. The fourth-order valence-corrected chi connectivity index (χ4v) is 3.83. The van der Waals surface area contributed by atoms with Crippen LogP contribution in [-0.4, -0.2) is 29.7 Å². The molecule has 1 N–H and O–H groups in total. The second-order valence-electron chi connectivity index (χ2n) is 7.62. The van der Waals surface area contributed by atoms with Crippen LogP contribution < -0.4 is 20.5 Å². The number of methoxy groups -OCH3 is 2. The number of nitrogens with one attached hydrogen (secondary N) is 1. The van der Waals surface area contributed by atoms with Crippen molar-refractivity contribution in [2.75, 3.05) is 14.2 Å². The van der Waals surface area contributed by atoms with Crippen LogP contribution >= 0.6 is 0 Å². The van der Waals surface area contributed by atoms with Gasteiger partial charge < -0.3 is 14.8 Å². The molecule has 4 aromatic rings. The molecular weight excluding hydrogens is 418 g/mol. The van der Waals surface area contributed by atoms with Crippen molar-refractivity contribution in [3.05, 3.63) is 88.8 Å². The number of benzene rings is 3. The summed E-state index contributed by atoms with van der Waals surface area (Å²) in [5.41, 5.74) is 2.50. The predicted molar refractivity (Wildman–Crippen MR) is 128 cm³/mol. The van der Waals surface area contributed by atoms with Crippen molar-refractivity contribution < 1.29 is 14.3 Å². The van der Waals surface area contributed by atoms with Crippen molar-refractivity contribution in [1.29, 1.82) is 0 Å². The van der Waals surface area contributed by atoms with E-state index in [0.29, 0.717) is 22.7 Å². The summed E-state index contributed by atoms with van der Waals surface area (Å²) in [7, 11) is 3.14. The molecule has 0 aliphatic heterocycles. The summed E-state index contributed by atoms with van der Waals surface area (Å²) in [5, 5.41) is 3.76. The van der Waals surface area contributed by atoms with Gasteiger partial charge in [0.15, 0.2) is 11.5 Å². The van der Waals surface area contributed by atoms with Gasteiger partial charge in [-0.2, -0.15) is 4.98 Å². The molecule has 4 rings (SSSR count). The second-order valence-corrected chi connectivity index (χ2v) is 7.62. The van der Waals surface area contributed by atoms with E-state index < -0.39 is 5.69 Å². The molecule has 0 unspecified atom stereocenters. The molecule has 7 nitrogen and oxygen atoms in total. The number of amides is 1. The zero-order valence-corrected chi connectivity index (χ0v) is 18.7. The Bertz CT molecular complexity index is 1350. The van der Waals surface area contributed by atoms with Gasteiger partial charge >= 0.3 is 5.69 Å². The Kier molecular flexibility index (Phi) is 6.40. The summed E-state index contributed by atoms with van der Waals surface area (Å²) in [6.07, 6.45) is 0. The topological polar surface area (TPSA) is 82.5 Å². The van der Waals surface area contributed by atoms with Gasteiger partial charge in [-0.3, -0.25) is 9.36 Å². The molecule has 0 spiro atoms. The van der Waals surface area contributed by atoms with Crippen molar-refractivity contribution in [2.24, 2.45) is 0 Å². The van der Waals surface area contributed by atoms with Crippen LogP contribution in [0.1, 0.15) is 18.5 Å². The third-order valence-electron chi connectivity index (χ3n) is 5.52. The lowest BCUT2D eigenvalue weighted by Gasteiger charge is -2.18. The molecule has 1 heterocycles. The number of hydrogen-bond acceptors (Lipinski definition) is 5. The van der Waals surface area contributed by atoms with Crippen LogP contribution in [0.3, 0.4) is 0 Å². The summed E-state index contributed by atoms with van der Waals surface area (Å²) in [4.78, 5) is 30.1. The van der Waals surface area contributed by atoms with Crippen LogP contribution in [0.25, 0.3) is 22.2 Å². The third-order valence-corrected chi connectivity index (χ3v) is 5.52. The zero-order chi connectivity index (χ0) is 23.4. The molecule has 3 aromatic carbocycles. The number of para-hydroxylation sites is 1. The van der Waals surface area contributed by atoms with Gasteiger partial charge in [0.2, 0.25) is 5.91 Å². The molecule has 1 amide bonds. The van der Waals surface area contributed by atoms with Gasteiger partial charge in [0, 0.05) is 10.9 Å². The summed E-state index contributed by atoms with van der Waals surface area (Å²) >= 11 is 0. The summed E-state index contributed by atoms with van der Waals surface area (Å²) in [6.45, 7) is 1.73. The van der Waals surface area contributed by atoms with Crippen LogP contribution in [-0.2, 0) is 11.3 Å². The molecule has 1 aromatic heterocycles. The molecule has 0 saturated heterocycles. The van der Waals surface area contributed by atoms with Gasteiger partial charge in [-0.1, -0.05) is 54.6 Å². The van der Waals surface area contributed by atoms with E-state index in [1.807, 2.05) is 73.7 Å². The number of hydrogen-bond donors (Lipinski definition) is 1. The molecule has 0 aliphatic rings. The molecule has 1 atom stereocenters. The molecule has 168 valence electrons. The standard InChI is InChI=1S/C26H25N3O4/c1-17(19-13-14-22(32-2)23(15-19)33-3)27-24(30)16-29-21-12-8-7-11-20(21)25(28-26(29)31)18-9-5-4-6-10-18/h4-15,17H,16H2,1-3H3,(H,27,30)/t17-/m1/s1. The number of ether oxygens (including phenoxy) is 2. The van der Waals surface area contributed by atoms with E-state index in [-0.39, 0.29) is 18.5 Å². The Morgan fingerprint density at radius 2 is 1.67 bits per heavy atom. The Labute approximate surface area is 191 Å². The molecule has 7 heteroatoms. The summed E-state index contributed by atoms with van der Waals surface area (Å²) in [6, 6.07) is 22.2. The lowest BCUT2D eigenvalue weighted by Crippen LogP contribution is -2.35. The van der Waals surface area contributed by atoms with Gasteiger partial charge in [-0.05, 0) is 30.7 Å². The smallest absolute Gasteiger partial charge is 0.349 e. The lowest BCUT2D eigenvalue weighted by atomic mass is 10.1. The Morgan fingerprint density at radius 3 is 2.39 bits per heavy atom. The number of rotatable bonds is 7.